The fourth-order valence-corrected chi connectivity index (χ4v) is 3.32. The van der Waals surface area contributed by atoms with Gasteiger partial charge in [-0.25, -0.2) is 0 Å². The van der Waals surface area contributed by atoms with E-state index in [1.54, 1.807) is 0 Å². The van der Waals surface area contributed by atoms with E-state index in [1.165, 1.54) is 18.4 Å². The van der Waals surface area contributed by atoms with Gasteiger partial charge in [-0.05, 0) is 69.8 Å². The molecule has 21 heavy (non-hydrogen) atoms. The Morgan fingerprint density at radius 3 is 2.81 bits per heavy atom. The molecule has 0 aliphatic carbocycles. The molecule has 4 nitrogen and oxygen atoms in total. The number of hydrogen-bond acceptors (Lipinski definition) is 3. The molecule has 2 aliphatic rings. The molecule has 0 aromatic heterocycles. The minimum Gasteiger partial charge on any atom is -0.479 e. The largest absolute Gasteiger partial charge is 0.479 e. The Hall–Kier alpha value is -1.55. The number of ether oxygens (including phenoxy) is 1. The van der Waals surface area contributed by atoms with Crippen molar-refractivity contribution in [2.24, 2.45) is 5.92 Å². The van der Waals surface area contributed by atoms with Crippen molar-refractivity contribution in [1.29, 1.82) is 0 Å². The lowest BCUT2D eigenvalue weighted by atomic mass is 9.90. The quantitative estimate of drug-likeness (QED) is 0.928. The molecule has 1 saturated heterocycles. The van der Waals surface area contributed by atoms with Crippen LogP contribution in [0.1, 0.15) is 32.3 Å². The van der Waals surface area contributed by atoms with E-state index in [0.29, 0.717) is 6.54 Å². The van der Waals surface area contributed by atoms with Crippen molar-refractivity contribution in [1.82, 2.24) is 5.32 Å². The average Bonchev–Trinajstić information content (AvgIpc) is 2.50. The van der Waals surface area contributed by atoms with E-state index in [4.69, 9.17) is 4.74 Å². The van der Waals surface area contributed by atoms with Gasteiger partial charge in [0.05, 0.1) is 5.69 Å². The monoisotopic (exact) mass is 288 g/mol. The Balaban J connectivity index is 1.82. The predicted molar refractivity (Wildman–Crippen MR) is 83.9 cm³/mol. The number of nitrogens with one attached hydrogen (secondary N) is 1. The van der Waals surface area contributed by atoms with Gasteiger partial charge in [0, 0.05) is 6.54 Å². The number of piperidine rings is 1. The molecule has 0 bridgehead atoms. The van der Waals surface area contributed by atoms with Crippen LogP contribution >= 0.6 is 0 Å². The summed E-state index contributed by atoms with van der Waals surface area (Å²) in [6, 6.07) is 6.32. The summed E-state index contributed by atoms with van der Waals surface area (Å²) in [6.07, 6.45) is 3.19. The molecule has 0 saturated carbocycles. The second-order valence-corrected chi connectivity index (χ2v) is 6.04. The summed E-state index contributed by atoms with van der Waals surface area (Å²) in [5.74, 6) is 1.64. The van der Waals surface area contributed by atoms with Crippen LogP contribution in [0.15, 0.2) is 18.2 Å². The zero-order chi connectivity index (χ0) is 14.8. The van der Waals surface area contributed by atoms with E-state index < -0.39 is 0 Å². The summed E-state index contributed by atoms with van der Waals surface area (Å²) in [5, 5.41) is 3.40. The maximum atomic E-state index is 12.2. The molecule has 4 heteroatoms. The summed E-state index contributed by atoms with van der Waals surface area (Å²) in [7, 11) is 0. The lowest BCUT2D eigenvalue weighted by molar-refractivity contribution is -0.125. The number of benzene rings is 1. The van der Waals surface area contributed by atoms with Crippen molar-refractivity contribution in [3.8, 4) is 5.75 Å². The van der Waals surface area contributed by atoms with Gasteiger partial charge in [-0.15, -0.1) is 0 Å². The SMILES string of the molecule is CCN1C(=O)C(C)Oc2ccc(CC3CCNCC3)cc21. The fourth-order valence-electron chi connectivity index (χ4n) is 3.32. The summed E-state index contributed by atoms with van der Waals surface area (Å²) in [5.41, 5.74) is 2.25. The standard InChI is InChI=1S/C17H24N2O2/c1-3-19-15-11-14(10-13-6-8-18-9-7-13)4-5-16(15)21-12(2)17(19)20/h4-5,11-13,18H,3,6-10H2,1-2H3. The first-order chi connectivity index (χ1) is 10.2. The van der Waals surface area contributed by atoms with Crippen molar-refractivity contribution < 1.29 is 9.53 Å². The maximum absolute atomic E-state index is 12.2. The molecular formula is C17H24N2O2. The minimum absolute atomic E-state index is 0.0593. The van der Waals surface area contributed by atoms with Gasteiger partial charge in [0.1, 0.15) is 5.75 Å². The van der Waals surface area contributed by atoms with Crippen molar-refractivity contribution in [2.45, 2.75) is 39.2 Å². The lowest BCUT2D eigenvalue weighted by Crippen LogP contribution is -2.44. The zero-order valence-electron chi connectivity index (χ0n) is 12.9. The number of rotatable bonds is 3. The molecule has 2 heterocycles. The molecular weight excluding hydrogens is 264 g/mol. The number of nitrogens with zero attached hydrogens (tertiary/aromatic N) is 1. The van der Waals surface area contributed by atoms with E-state index in [0.717, 1.165) is 36.9 Å². The molecule has 1 fully saturated rings. The van der Waals surface area contributed by atoms with Gasteiger partial charge in [0.2, 0.25) is 0 Å². The van der Waals surface area contributed by atoms with Crippen LogP contribution in [0.5, 0.6) is 5.75 Å². The third-order valence-electron chi connectivity index (χ3n) is 4.53. The number of likely N-dealkylation sites (N-methyl/N-ethyl adjacent to an activating group) is 1. The Bertz CT molecular complexity index is 524. The topological polar surface area (TPSA) is 41.6 Å². The van der Waals surface area contributed by atoms with Gasteiger partial charge >= 0.3 is 0 Å². The van der Waals surface area contributed by atoms with Crippen LogP contribution in [-0.4, -0.2) is 31.6 Å². The van der Waals surface area contributed by atoms with E-state index in [-0.39, 0.29) is 12.0 Å². The molecule has 0 radical (unpaired) electrons. The normalized spacial score (nSPS) is 22.9. The van der Waals surface area contributed by atoms with Crippen LogP contribution in [0.3, 0.4) is 0 Å². The number of carbonyl (C=O) groups excluding carboxylic acids is 1. The second-order valence-electron chi connectivity index (χ2n) is 6.04. The number of carbonyl (C=O) groups is 1. The minimum atomic E-state index is -0.382. The summed E-state index contributed by atoms with van der Waals surface area (Å²) in [4.78, 5) is 14.1. The fraction of sp³-hybridized carbons (Fsp3) is 0.588. The van der Waals surface area contributed by atoms with Gasteiger partial charge in [-0.1, -0.05) is 6.07 Å². The second kappa shape index (κ2) is 6.06. The lowest BCUT2D eigenvalue weighted by Gasteiger charge is -2.33. The Morgan fingerprint density at radius 1 is 1.33 bits per heavy atom. The molecule has 3 rings (SSSR count). The van der Waals surface area contributed by atoms with Crippen molar-refractivity contribution >= 4 is 11.6 Å². The van der Waals surface area contributed by atoms with E-state index in [1.807, 2.05) is 24.8 Å². The third kappa shape index (κ3) is 2.91. The van der Waals surface area contributed by atoms with E-state index in [9.17, 15) is 4.79 Å². The highest BCUT2D eigenvalue weighted by atomic mass is 16.5. The maximum Gasteiger partial charge on any atom is 0.267 e. The molecule has 1 aromatic rings. The Kier molecular flexibility index (Phi) is 4.15. The molecule has 1 amide bonds. The molecule has 1 aromatic carbocycles. The first kappa shape index (κ1) is 14.4. The first-order valence-electron chi connectivity index (χ1n) is 8.00. The number of hydrogen-bond donors (Lipinski definition) is 1. The Labute approximate surface area is 126 Å². The van der Waals surface area contributed by atoms with Crippen LogP contribution in [0.25, 0.3) is 0 Å². The first-order valence-corrected chi connectivity index (χ1v) is 8.00. The highest BCUT2D eigenvalue weighted by Crippen LogP contribution is 2.35. The van der Waals surface area contributed by atoms with E-state index >= 15 is 0 Å². The van der Waals surface area contributed by atoms with Gasteiger partial charge in [0.15, 0.2) is 6.10 Å². The molecule has 2 aliphatic heterocycles. The van der Waals surface area contributed by atoms with Gasteiger partial charge < -0.3 is 15.0 Å². The molecule has 1 N–H and O–H groups in total. The summed E-state index contributed by atoms with van der Waals surface area (Å²) >= 11 is 0. The molecule has 1 atom stereocenters. The predicted octanol–water partition coefficient (Wildman–Crippen LogP) is 2.36. The number of fused-ring (bicyclic) bond motifs is 1. The van der Waals surface area contributed by atoms with Crippen LogP contribution in [0.2, 0.25) is 0 Å². The summed E-state index contributed by atoms with van der Waals surface area (Å²) in [6.45, 7) is 6.76. The van der Waals surface area contributed by atoms with Crippen molar-refractivity contribution in [2.75, 3.05) is 24.5 Å². The number of amides is 1. The smallest absolute Gasteiger partial charge is 0.267 e. The van der Waals surface area contributed by atoms with Crippen LogP contribution in [-0.2, 0) is 11.2 Å². The third-order valence-corrected chi connectivity index (χ3v) is 4.53. The average molecular weight is 288 g/mol. The molecule has 114 valence electrons. The molecule has 1 unspecified atom stereocenters. The number of anilines is 1. The highest BCUT2D eigenvalue weighted by molar-refractivity contribution is 5.99. The summed E-state index contributed by atoms with van der Waals surface area (Å²) < 4.78 is 5.72. The van der Waals surface area contributed by atoms with Gasteiger partial charge in [-0.3, -0.25) is 4.79 Å². The molecule has 0 spiro atoms. The van der Waals surface area contributed by atoms with Gasteiger partial charge in [0.25, 0.3) is 5.91 Å². The van der Waals surface area contributed by atoms with Gasteiger partial charge in [-0.2, -0.15) is 0 Å². The zero-order valence-corrected chi connectivity index (χ0v) is 12.9. The van der Waals surface area contributed by atoms with Crippen molar-refractivity contribution in [3.63, 3.8) is 0 Å². The van der Waals surface area contributed by atoms with Crippen LogP contribution in [0, 0.1) is 5.92 Å². The highest BCUT2D eigenvalue weighted by Gasteiger charge is 2.30. The van der Waals surface area contributed by atoms with Crippen molar-refractivity contribution in [3.05, 3.63) is 23.8 Å². The van der Waals surface area contributed by atoms with Crippen LogP contribution in [0.4, 0.5) is 5.69 Å². The van der Waals surface area contributed by atoms with Crippen LogP contribution < -0.4 is 15.0 Å². The van der Waals surface area contributed by atoms with E-state index in [2.05, 4.69) is 17.4 Å². The Morgan fingerprint density at radius 2 is 2.10 bits per heavy atom.